The van der Waals surface area contributed by atoms with Gasteiger partial charge in [-0.15, -0.1) is 0 Å². The fourth-order valence-corrected chi connectivity index (χ4v) is 1.25. The van der Waals surface area contributed by atoms with Gasteiger partial charge in [-0.2, -0.15) is 0 Å². The maximum atomic E-state index is 9.63. The maximum Gasteiger partial charge on any atom is 0.125 e. The molecule has 0 fully saturated rings. The summed E-state index contributed by atoms with van der Waals surface area (Å²) in [4.78, 5) is 0. The van der Waals surface area contributed by atoms with Crippen molar-refractivity contribution in [2.24, 2.45) is 5.73 Å². The monoisotopic (exact) mass is 211 g/mol. The molecule has 15 heavy (non-hydrogen) atoms. The Hall–Kier alpha value is -1.10. The van der Waals surface area contributed by atoms with Crippen molar-refractivity contribution in [3.05, 3.63) is 29.8 Å². The number of hydrogen-bond acceptors (Lipinski definition) is 4. The van der Waals surface area contributed by atoms with Crippen molar-refractivity contribution in [3.63, 3.8) is 0 Å². The highest BCUT2D eigenvalue weighted by Gasteiger charge is 2.10. The van der Waals surface area contributed by atoms with Crippen LogP contribution in [0.25, 0.3) is 0 Å². The normalized spacial score (nSPS) is 12.5. The van der Waals surface area contributed by atoms with Gasteiger partial charge in [-0.3, -0.25) is 0 Å². The molecule has 1 aromatic rings. The molecule has 0 aliphatic rings. The van der Waals surface area contributed by atoms with Crippen molar-refractivity contribution < 1.29 is 14.6 Å². The fraction of sp³-hybridized carbons (Fsp3) is 0.455. The van der Waals surface area contributed by atoms with Gasteiger partial charge in [0.2, 0.25) is 0 Å². The number of nitrogens with two attached hydrogens (primary N) is 1. The zero-order valence-corrected chi connectivity index (χ0v) is 8.85. The Balaban J connectivity index is 2.68. The lowest BCUT2D eigenvalue weighted by Gasteiger charge is -2.14. The van der Waals surface area contributed by atoms with E-state index in [9.17, 15) is 5.11 Å². The van der Waals surface area contributed by atoms with Gasteiger partial charge in [0, 0.05) is 19.2 Å². The van der Waals surface area contributed by atoms with E-state index in [0.717, 1.165) is 5.56 Å². The molecule has 1 rings (SSSR count). The average Bonchev–Trinajstić information content (AvgIpc) is 2.29. The average molecular weight is 211 g/mol. The van der Waals surface area contributed by atoms with Gasteiger partial charge in [-0.1, -0.05) is 18.2 Å². The Labute approximate surface area is 89.6 Å². The molecule has 0 heterocycles. The first-order valence-corrected chi connectivity index (χ1v) is 4.88. The van der Waals surface area contributed by atoms with Crippen LogP contribution in [0.5, 0.6) is 5.75 Å². The third-order valence-electron chi connectivity index (χ3n) is 2.05. The summed E-state index contributed by atoms with van der Waals surface area (Å²) in [6.45, 7) is 1.17. The molecule has 0 aliphatic carbocycles. The highest BCUT2D eigenvalue weighted by Crippen LogP contribution is 2.24. The number of ether oxygens (including phenoxy) is 2. The second-order valence-corrected chi connectivity index (χ2v) is 3.13. The van der Waals surface area contributed by atoms with Crippen molar-refractivity contribution in [1.82, 2.24) is 0 Å². The minimum Gasteiger partial charge on any atom is -0.491 e. The molecule has 1 unspecified atom stereocenters. The van der Waals surface area contributed by atoms with Crippen molar-refractivity contribution in [1.29, 1.82) is 0 Å². The fourth-order valence-electron chi connectivity index (χ4n) is 1.25. The topological polar surface area (TPSA) is 64.7 Å². The van der Waals surface area contributed by atoms with Crippen LogP contribution in [-0.2, 0) is 4.74 Å². The lowest BCUT2D eigenvalue weighted by Crippen LogP contribution is -2.14. The highest BCUT2D eigenvalue weighted by atomic mass is 16.5. The number of methoxy groups -OCH3 is 1. The van der Waals surface area contributed by atoms with Gasteiger partial charge in [-0.05, 0) is 6.07 Å². The summed E-state index contributed by atoms with van der Waals surface area (Å²) in [7, 11) is 1.62. The summed E-state index contributed by atoms with van der Waals surface area (Å²) < 4.78 is 10.3. The molecule has 0 aromatic heterocycles. The molecule has 0 spiro atoms. The largest absolute Gasteiger partial charge is 0.491 e. The number of aliphatic hydroxyl groups is 1. The Kier molecular flexibility index (Phi) is 5.10. The van der Waals surface area contributed by atoms with Crippen molar-refractivity contribution >= 4 is 0 Å². The molecule has 0 saturated carbocycles. The van der Waals surface area contributed by atoms with Gasteiger partial charge < -0.3 is 20.3 Å². The molecule has 1 atom stereocenters. The van der Waals surface area contributed by atoms with Crippen LogP contribution in [0.2, 0.25) is 0 Å². The minimum absolute atomic E-state index is 0.185. The highest BCUT2D eigenvalue weighted by molar-refractivity contribution is 5.35. The summed E-state index contributed by atoms with van der Waals surface area (Å²) in [5, 5.41) is 9.63. The van der Waals surface area contributed by atoms with E-state index in [1.807, 2.05) is 18.2 Å². The van der Waals surface area contributed by atoms with Crippen LogP contribution in [0.15, 0.2) is 24.3 Å². The summed E-state index contributed by atoms with van der Waals surface area (Å²) in [6.07, 6.45) is -0.677. The van der Waals surface area contributed by atoms with Crippen molar-refractivity contribution in [3.8, 4) is 5.75 Å². The molecule has 84 valence electrons. The number of hydrogen-bond donors (Lipinski definition) is 2. The van der Waals surface area contributed by atoms with Crippen LogP contribution in [0, 0.1) is 0 Å². The van der Waals surface area contributed by atoms with Gasteiger partial charge >= 0.3 is 0 Å². The standard InChI is InChI=1S/C11H17NO3/c1-14-6-7-15-11-5-3-2-4-9(11)10(13)8-12/h2-5,10,13H,6-8,12H2,1H3. The lowest BCUT2D eigenvalue weighted by atomic mass is 10.1. The van der Waals surface area contributed by atoms with Gasteiger partial charge in [-0.25, -0.2) is 0 Å². The third kappa shape index (κ3) is 3.51. The summed E-state index contributed by atoms with van der Waals surface area (Å²) in [5.41, 5.74) is 6.12. The minimum atomic E-state index is -0.677. The van der Waals surface area contributed by atoms with E-state index in [0.29, 0.717) is 19.0 Å². The maximum absolute atomic E-state index is 9.63. The predicted octanol–water partition coefficient (Wildman–Crippen LogP) is 0.704. The van der Waals surface area contributed by atoms with Crippen LogP contribution in [0.4, 0.5) is 0 Å². The molecule has 4 heteroatoms. The molecule has 0 amide bonds. The number of benzene rings is 1. The van der Waals surface area contributed by atoms with E-state index in [1.165, 1.54) is 0 Å². The van der Waals surface area contributed by atoms with Gasteiger partial charge in [0.25, 0.3) is 0 Å². The van der Waals surface area contributed by atoms with Gasteiger partial charge in [0.05, 0.1) is 12.7 Å². The van der Waals surface area contributed by atoms with Gasteiger partial charge in [0.15, 0.2) is 0 Å². The van der Waals surface area contributed by atoms with Crippen LogP contribution in [0.1, 0.15) is 11.7 Å². The molecule has 1 aromatic carbocycles. The van der Waals surface area contributed by atoms with Crippen molar-refractivity contribution in [2.45, 2.75) is 6.10 Å². The number of para-hydroxylation sites is 1. The van der Waals surface area contributed by atoms with E-state index in [1.54, 1.807) is 13.2 Å². The molecule has 3 N–H and O–H groups in total. The van der Waals surface area contributed by atoms with E-state index in [-0.39, 0.29) is 6.54 Å². The molecule has 0 bridgehead atoms. The zero-order valence-electron chi connectivity index (χ0n) is 8.85. The quantitative estimate of drug-likeness (QED) is 0.680. The Morgan fingerprint density at radius 2 is 2.07 bits per heavy atom. The molecular formula is C11H17NO3. The molecule has 0 radical (unpaired) electrons. The molecule has 4 nitrogen and oxygen atoms in total. The van der Waals surface area contributed by atoms with Crippen LogP contribution in [0.3, 0.4) is 0 Å². The van der Waals surface area contributed by atoms with Gasteiger partial charge in [0.1, 0.15) is 12.4 Å². The van der Waals surface area contributed by atoms with E-state index in [4.69, 9.17) is 15.2 Å². The molecular weight excluding hydrogens is 194 g/mol. The first kappa shape index (κ1) is 12.0. The Bertz CT molecular complexity index is 291. The molecule has 0 saturated heterocycles. The zero-order chi connectivity index (χ0) is 11.1. The first-order valence-electron chi connectivity index (χ1n) is 4.88. The van der Waals surface area contributed by atoms with E-state index < -0.39 is 6.10 Å². The predicted molar refractivity (Wildman–Crippen MR) is 57.8 cm³/mol. The molecule has 0 aliphatic heterocycles. The Morgan fingerprint density at radius 3 is 2.73 bits per heavy atom. The second kappa shape index (κ2) is 6.40. The number of aliphatic hydroxyl groups excluding tert-OH is 1. The first-order chi connectivity index (χ1) is 7.29. The third-order valence-corrected chi connectivity index (χ3v) is 2.05. The number of rotatable bonds is 6. The Morgan fingerprint density at radius 1 is 1.33 bits per heavy atom. The lowest BCUT2D eigenvalue weighted by molar-refractivity contribution is 0.139. The summed E-state index contributed by atoms with van der Waals surface area (Å²) in [5.74, 6) is 0.660. The van der Waals surface area contributed by atoms with Crippen LogP contribution in [-0.4, -0.2) is 32.0 Å². The SMILES string of the molecule is COCCOc1ccccc1C(O)CN. The van der Waals surface area contributed by atoms with Crippen molar-refractivity contribution in [2.75, 3.05) is 26.9 Å². The van der Waals surface area contributed by atoms with E-state index >= 15 is 0 Å². The smallest absolute Gasteiger partial charge is 0.125 e. The van der Waals surface area contributed by atoms with E-state index in [2.05, 4.69) is 0 Å². The van der Waals surface area contributed by atoms with Crippen LogP contribution < -0.4 is 10.5 Å². The summed E-state index contributed by atoms with van der Waals surface area (Å²) >= 11 is 0. The van der Waals surface area contributed by atoms with Crippen LogP contribution >= 0.6 is 0 Å². The summed E-state index contributed by atoms with van der Waals surface area (Å²) in [6, 6.07) is 7.32. The second-order valence-electron chi connectivity index (χ2n) is 3.13.